The van der Waals surface area contributed by atoms with Gasteiger partial charge in [0.15, 0.2) is 5.96 Å². The van der Waals surface area contributed by atoms with E-state index >= 15 is 0 Å². The summed E-state index contributed by atoms with van der Waals surface area (Å²) in [6, 6.07) is 15.3. The lowest BCUT2D eigenvalue weighted by Gasteiger charge is -2.29. The number of nitrogens with one attached hydrogen (secondary N) is 1. The molecule has 2 fully saturated rings. The first kappa shape index (κ1) is 21.3. The average Bonchev–Trinajstić information content (AvgIpc) is 3.55. The highest BCUT2D eigenvalue weighted by molar-refractivity contribution is 7.10. The van der Waals surface area contributed by atoms with Crippen LogP contribution in [-0.4, -0.2) is 62.1 Å². The van der Waals surface area contributed by atoms with Crippen molar-refractivity contribution in [1.82, 2.24) is 15.1 Å². The molecule has 6 heteroatoms. The first-order chi connectivity index (χ1) is 14.8. The lowest BCUT2D eigenvalue weighted by molar-refractivity contribution is 0.0906. The molecule has 1 aromatic heterocycles. The molecule has 0 aliphatic carbocycles. The summed E-state index contributed by atoms with van der Waals surface area (Å²) < 4.78 is 5.99. The molecule has 2 aliphatic rings. The Labute approximate surface area is 184 Å². The van der Waals surface area contributed by atoms with Crippen LogP contribution in [0.2, 0.25) is 0 Å². The van der Waals surface area contributed by atoms with Gasteiger partial charge in [0.25, 0.3) is 0 Å². The van der Waals surface area contributed by atoms with Gasteiger partial charge < -0.3 is 15.0 Å². The van der Waals surface area contributed by atoms with E-state index in [0.29, 0.717) is 18.6 Å². The number of nitrogens with zero attached hydrogens (tertiary/aromatic N) is 3. The second-order valence-electron chi connectivity index (χ2n) is 8.30. The zero-order valence-corrected chi connectivity index (χ0v) is 18.8. The van der Waals surface area contributed by atoms with E-state index in [-0.39, 0.29) is 0 Å². The Morgan fingerprint density at radius 1 is 1.17 bits per heavy atom. The minimum Gasteiger partial charge on any atom is -0.376 e. The van der Waals surface area contributed by atoms with E-state index < -0.39 is 0 Å². The van der Waals surface area contributed by atoms with Gasteiger partial charge in [-0.25, -0.2) is 0 Å². The van der Waals surface area contributed by atoms with Crippen molar-refractivity contribution in [3.05, 3.63) is 58.3 Å². The first-order valence-electron chi connectivity index (χ1n) is 11.2. The van der Waals surface area contributed by atoms with Crippen molar-refractivity contribution in [3.8, 4) is 0 Å². The summed E-state index contributed by atoms with van der Waals surface area (Å²) in [4.78, 5) is 11.1. The first-order valence-corrected chi connectivity index (χ1v) is 12.1. The number of rotatable bonds is 8. The number of hydrogen-bond acceptors (Lipinski definition) is 4. The van der Waals surface area contributed by atoms with Gasteiger partial charge in [-0.1, -0.05) is 36.4 Å². The predicted octanol–water partition coefficient (Wildman–Crippen LogP) is 4.00. The fourth-order valence-corrected chi connectivity index (χ4v) is 5.40. The van der Waals surface area contributed by atoms with Crippen LogP contribution in [0.4, 0.5) is 0 Å². The Hall–Kier alpha value is -1.89. The number of thiophene rings is 1. The second-order valence-corrected chi connectivity index (χ2v) is 9.28. The molecule has 1 aromatic carbocycles. The van der Waals surface area contributed by atoms with Crippen LogP contribution in [0.5, 0.6) is 0 Å². The maximum absolute atomic E-state index is 5.99. The zero-order valence-electron chi connectivity index (χ0n) is 18.0. The Morgan fingerprint density at radius 3 is 2.73 bits per heavy atom. The number of hydrogen-bond donors (Lipinski definition) is 1. The highest BCUT2D eigenvalue weighted by atomic mass is 32.1. The van der Waals surface area contributed by atoms with Crippen molar-refractivity contribution in [2.24, 2.45) is 10.9 Å². The molecule has 2 atom stereocenters. The van der Waals surface area contributed by atoms with Crippen molar-refractivity contribution >= 4 is 17.3 Å². The van der Waals surface area contributed by atoms with Gasteiger partial charge in [-0.05, 0) is 49.4 Å². The SMILES string of the molecule is CN=C(NCC(c1cccs1)N1CCCC1)N1CCC(COCc2ccccc2)C1. The van der Waals surface area contributed by atoms with E-state index in [1.54, 1.807) is 0 Å². The average molecular weight is 427 g/mol. The fraction of sp³-hybridized carbons (Fsp3) is 0.542. The smallest absolute Gasteiger partial charge is 0.193 e. The van der Waals surface area contributed by atoms with Crippen LogP contribution in [0.25, 0.3) is 0 Å². The molecule has 2 unspecified atom stereocenters. The van der Waals surface area contributed by atoms with E-state index in [0.717, 1.165) is 38.6 Å². The van der Waals surface area contributed by atoms with Crippen LogP contribution in [0, 0.1) is 5.92 Å². The molecule has 0 radical (unpaired) electrons. The summed E-state index contributed by atoms with van der Waals surface area (Å²) in [5.41, 5.74) is 1.24. The lowest BCUT2D eigenvalue weighted by atomic mass is 10.1. The van der Waals surface area contributed by atoms with Crippen LogP contribution in [0.15, 0.2) is 52.8 Å². The molecule has 0 saturated carbocycles. The second kappa shape index (κ2) is 10.9. The van der Waals surface area contributed by atoms with Gasteiger partial charge in [-0.3, -0.25) is 9.89 Å². The number of likely N-dealkylation sites (tertiary alicyclic amines) is 2. The topological polar surface area (TPSA) is 40.1 Å². The van der Waals surface area contributed by atoms with Crippen molar-refractivity contribution in [1.29, 1.82) is 0 Å². The largest absolute Gasteiger partial charge is 0.376 e. The summed E-state index contributed by atoms with van der Waals surface area (Å²) in [5, 5.41) is 5.87. The third-order valence-corrected chi connectivity index (χ3v) is 7.14. The van der Waals surface area contributed by atoms with Crippen LogP contribution in [0.1, 0.15) is 35.7 Å². The minimum atomic E-state index is 0.442. The third-order valence-electron chi connectivity index (χ3n) is 6.17. The summed E-state index contributed by atoms with van der Waals surface area (Å²) in [6.07, 6.45) is 3.79. The number of ether oxygens (including phenoxy) is 1. The van der Waals surface area contributed by atoms with Crippen LogP contribution in [0.3, 0.4) is 0 Å². The van der Waals surface area contributed by atoms with E-state index in [1.165, 1.54) is 36.4 Å². The van der Waals surface area contributed by atoms with Gasteiger partial charge in [0.05, 0.1) is 19.3 Å². The van der Waals surface area contributed by atoms with Crippen LogP contribution >= 0.6 is 11.3 Å². The highest BCUT2D eigenvalue weighted by Gasteiger charge is 2.28. The zero-order chi connectivity index (χ0) is 20.6. The molecular formula is C24H34N4OS. The molecule has 5 nitrogen and oxygen atoms in total. The van der Waals surface area contributed by atoms with Gasteiger partial charge in [-0.15, -0.1) is 11.3 Å². The molecule has 2 aliphatic heterocycles. The predicted molar refractivity (Wildman–Crippen MR) is 125 cm³/mol. The fourth-order valence-electron chi connectivity index (χ4n) is 4.54. The van der Waals surface area contributed by atoms with E-state index in [2.05, 4.69) is 61.9 Å². The summed E-state index contributed by atoms with van der Waals surface area (Å²) in [7, 11) is 1.90. The summed E-state index contributed by atoms with van der Waals surface area (Å²) in [6.45, 7) is 6.89. The molecule has 162 valence electrons. The molecule has 0 amide bonds. The summed E-state index contributed by atoms with van der Waals surface area (Å²) in [5.74, 6) is 1.60. The normalized spacial score (nSPS) is 21.3. The van der Waals surface area contributed by atoms with Crippen LogP contribution < -0.4 is 5.32 Å². The maximum atomic E-state index is 5.99. The number of benzene rings is 1. The minimum absolute atomic E-state index is 0.442. The number of aliphatic imine (C=N–C) groups is 1. The summed E-state index contributed by atoms with van der Waals surface area (Å²) >= 11 is 1.87. The maximum Gasteiger partial charge on any atom is 0.193 e. The van der Waals surface area contributed by atoms with Gasteiger partial charge in [0, 0.05) is 37.5 Å². The van der Waals surface area contributed by atoms with Crippen LogP contribution in [-0.2, 0) is 11.3 Å². The van der Waals surface area contributed by atoms with Crippen molar-refractivity contribution < 1.29 is 4.74 Å². The van der Waals surface area contributed by atoms with Gasteiger partial charge >= 0.3 is 0 Å². The van der Waals surface area contributed by atoms with Gasteiger partial charge in [-0.2, -0.15) is 0 Å². The number of guanidine groups is 1. The van der Waals surface area contributed by atoms with Gasteiger partial charge in [0.2, 0.25) is 0 Å². The Bertz CT molecular complexity index is 774. The van der Waals surface area contributed by atoms with Crippen molar-refractivity contribution in [3.63, 3.8) is 0 Å². The molecule has 0 bridgehead atoms. The standard InChI is InChI=1S/C24H34N4OS/c1-25-24(26-16-22(23-10-7-15-30-23)27-12-5-6-13-27)28-14-11-21(17-28)19-29-18-20-8-3-2-4-9-20/h2-4,7-10,15,21-22H,5-6,11-14,16-19H2,1H3,(H,25,26). The van der Waals surface area contributed by atoms with E-state index in [9.17, 15) is 0 Å². The molecule has 2 saturated heterocycles. The highest BCUT2D eigenvalue weighted by Crippen LogP contribution is 2.28. The molecule has 30 heavy (non-hydrogen) atoms. The van der Waals surface area contributed by atoms with Crippen molar-refractivity contribution in [2.75, 3.05) is 46.4 Å². The quantitative estimate of drug-likeness (QED) is 0.512. The Kier molecular flexibility index (Phi) is 7.78. The molecule has 0 spiro atoms. The Balaban J connectivity index is 1.25. The monoisotopic (exact) mass is 426 g/mol. The Morgan fingerprint density at radius 2 is 2.00 bits per heavy atom. The van der Waals surface area contributed by atoms with E-state index in [1.807, 2.05) is 24.5 Å². The third kappa shape index (κ3) is 5.62. The molecule has 4 rings (SSSR count). The van der Waals surface area contributed by atoms with Gasteiger partial charge in [0.1, 0.15) is 0 Å². The molecule has 2 aromatic rings. The molecular weight excluding hydrogens is 392 g/mol. The molecule has 3 heterocycles. The van der Waals surface area contributed by atoms with Crippen molar-refractivity contribution in [2.45, 2.75) is 31.9 Å². The van der Waals surface area contributed by atoms with E-state index in [4.69, 9.17) is 4.74 Å². The molecule has 1 N–H and O–H groups in total. The lowest BCUT2D eigenvalue weighted by Crippen LogP contribution is -2.44.